The summed E-state index contributed by atoms with van der Waals surface area (Å²) in [5.41, 5.74) is 0.821. The number of ether oxygens (including phenoxy) is 1. The highest BCUT2D eigenvalue weighted by Crippen LogP contribution is 2.05. The fraction of sp³-hybridized carbons (Fsp3) is 0.700. The molecule has 0 radical (unpaired) electrons. The summed E-state index contributed by atoms with van der Waals surface area (Å²) in [6.07, 6.45) is 2.80. The van der Waals surface area contributed by atoms with E-state index in [9.17, 15) is 4.79 Å². The van der Waals surface area contributed by atoms with Crippen LogP contribution < -0.4 is 0 Å². The molecular weight excluding hydrogens is 166 g/mol. The van der Waals surface area contributed by atoms with Crippen molar-refractivity contribution in [2.75, 3.05) is 26.3 Å². The van der Waals surface area contributed by atoms with E-state index < -0.39 is 0 Å². The molecule has 1 aliphatic heterocycles. The number of rotatable bonds is 1. The van der Waals surface area contributed by atoms with Crippen LogP contribution in [0.1, 0.15) is 20.3 Å². The molecule has 3 heteroatoms. The molecule has 13 heavy (non-hydrogen) atoms. The summed E-state index contributed by atoms with van der Waals surface area (Å²) in [7, 11) is 0. The third kappa shape index (κ3) is 2.84. The Labute approximate surface area is 79.4 Å². The van der Waals surface area contributed by atoms with Gasteiger partial charge in [0.2, 0.25) is 5.91 Å². The zero-order valence-corrected chi connectivity index (χ0v) is 8.38. The fourth-order valence-electron chi connectivity index (χ4n) is 1.32. The molecule has 74 valence electrons. The van der Waals surface area contributed by atoms with Crippen LogP contribution in [0.25, 0.3) is 0 Å². The molecule has 0 aromatic carbocycles. The number of amides is 1. The van der Waals surface area contributed by atoms with Gasteiger partial charge in [0.15, 0.2) is 0 Å². The first-order valence-electron chi connectivity index (χ1n) is 4.75. The molecule has 1 heterocycles. The molecule has 0 saturated carbocycles. The van der Waals surface area contributed by atoms with E-state index in [0.717, 1.165) is 31.7 Å². The molecule has 1 saturated heterocycles. The molecule has 0 atom stereocenters. The molecule has 1 rings (SSSR count). The zero-order chi connectivity index (χ0) is 9.68. The van der Waals surface area contributed by atoms with Gasteiger partial charge < -0.3 is 9.64 Å². The highest BCUT2D eigenvalue weighted by molar-refractivity contribution is 5.92. The third-order valence-corrected chi connectivity index (χ3v) is 2.28. The molecule has 0 bridgehead atoms. The molecule has 3 nitrogen and oxygen atoms in total. The van der Waals surface area contributed by atoms with Gasteiger partial charge in [0.25, 0.3) is 0 Å². The van der Waals surface area contributed by atoms with Crippen LogP contribution in [-0.2, 0) is 9.53 Å². The monoisotopic (exact) mass is 183 g/mol. The molecule has 1 fully saturated rings. The number of carbonyl (C=O) groups is 1. The lowest BCUT2D eigenvalue weighted by atomic mass is 10.2. The summed E-state index contributed by atoms with van der Waals surface area (Å²) in [5.74, 6) is 0.146. The number of nitrogens with zero attached hydrogens (tertiary/aromatic N) is 1. The van der Waals surface area contributed by atoms with Crippen LogP contribution in [0.5, 0.6) is 0 Å². The summed E-state index contributed by atoms with van der Waals surface area (Å²) in [5, 5.41) is 0. The molecule has 0 spiro atoms. The first-order chi connectivity index (χ1) is 6.25. The van der Waals surface area contributed by atoms with Gasteiger partial charge in [-0.25, -0.2) is 0 Å². The minimum atomic E-state index is 0.146. The summed E-state index contributed by atoms with van der Waals surface area (Å²) in [6.45, 7) is 6.74. The molecule has 1 amide bonds. The Morgan fingerprint density at radius 3 is 2.85 bits per heavy atom. The van der Waals surface area contributed by atoms with Crippen molar-refractivity contribution in [1.82, 2.24) is 4.90 Å². The lowest BCUT2D eigenvalue weighted by Gasteiger charge is -2.19. The summed E-state index contributed by atoms with van der Waals surface area (Å²) in [4.78, 5) is 13.5. The van der Waals surface area contributed by atoms with Gasteiger partial charge >= 0.3 is 0 Å². The second-order valence-electron chi connectivity index (χ2n) is 3.23. The van der Waals surface area contributed by atoms with Gasteiger partial charge in [-0.1, -0.05) is 6.08 Å². The van der Waals surface area contributed by atoms with Gasteiger partial charge in [-0.3, -0.25) is 4.79 Å². The maximum atomic E-state index is 11.7. The minimum Gasteiger partial charge on any atom is -0.380 e. The average molecular weight is 183 g/mol. The van der Waals surface area contributed by atoms with Crippen LogP contribution in [0.4, 0.5) is 0 Å². The van der Waals surface area contributed by atoms with Crippen molar-refractivity contribution < 1.29 is 9.53 Å². The largest absolute Gasteiger partial charge is 0.380 e. The van der Waals surface area contributed by atoms with Crippen molar-refractivity contribution in [2.45, 2.75) is 20.3 Å². The summed E-state index contributed by atoms with van der Waals surface area (Å²) < 4.78 is 5.27. The van der Waals surface area contributed by atoms with Crippen molar-refractivity contribution in [3.05, 3.63) is 11.6 Å². The van der Waals surface area contributed by atoms with Crippen LogP contribution >= 0.6 is 0 Å². The second-order valence-corrected chi connectivity index (χ2v) is 3.23. The van der Waals surface area contributed by atoms with Crippen molar-refractivity contribution in [1.29, 1.82) is 0 Å². The van der Waals surface area contributed by atoms with Crippen LogP contribution in [-0.4, -0.2) is 37.1 Å². The van der Waals surface area contributed by atoms with E-state index in [0.29, 0.717) is 6.61 Å². The fourth-order valence-corrected chi connectivity index (χ4v) is 1.32. The maximum Gasteiger partial charge on any atom is 0.249 e. The zero-order valence-electron chi connectivity index (χ0n) is 8.38. The Bertz CT molecular complexity index is 203. The molecule has 0 unspecified atom stereocenters. The number of hydrogen-bond acceptors (Lipinski definition) is 2. The van der Waals surface area contributed by atoms with Gasteiger partial charge in [-0.05, 0) is 20.3 Å². The van der Waals surface area contributed by atoms with Crippen molar-refractivity contribution in [3.8, 4) is 0 Å². The molecule has 1 aliphatic rings. The Morgan fingerprint density at radius 1 is 1.38 bits per heavy atom. The van der Waals surface area contributed by atoms with Gasteiger partial charge in [0.1, 0.15) is 0 Å². The van der Waals surface area contributed by atoms with Gasteiger partial charge in [0, 0.05) is 25.3 Å². The number of allylic oxidation sites excluding steroid dienone is 1. The second kappa shape index (κ2) is 5.02. The van der Waals surface area contributed by atoms with E-state index in [1.165, 1.54) is 0 Å². The van der Waals surface area contributed by atoms with E-state index in [1.807, 2.05) is 24.8 Å². The van der Waals surface area contributed by atoms with E-state index in [1.54, 1.807) is 0 Å². The van der Waals surface area contributed by atoms with E-state index in [-0.39, 0.29) is 5.91 Å². The van der Waals surface area contributed by atoms with Gasteiger partial charge in [-0.15, -0.1) is 0 Å². The first kappa shape index (κ1) is 10.3. The molecule has 0 aromatic rings. The van der Waals surface area contributed by atoms with E-state index >= 15 is 0 Å². The van der Waals surface area contributed by atoms with Crippen LogP contribution in [0, 0.1) is 0 Å². The molecular formula is C10H17NO2. The van der Waals surface area contributed by atoms with Crippen molar-refractivity contribution in [2.24, 2.45) is 0 Å². The normalized spacial score (nSPS) is 19.8. The van der Waals surface area contributed by atoms with Gasteiger partial charge in [-0.2, -0.15) is 0 Å². The molecule has 0 N–H and O–H groups in total. The lowest BCUT2D eigenvalue weighted by Crippen LogP contribution is -2.33. The Morgan fingerprint density at radius 2 is 2.15 bits per heavy atom. The quantitative estimate of drug-likeness (QED) is 0.572. The number of hydrogen-bond donors (Lipinski definition) is 0. The Hall–Kier alpha value is -0.830. The van der Waals surface area contributed by atoms with Crippen LogP contribution in [0.15, 0.2) is 11.6 Å². The maximum absolute atomic E-state index is 11.7. The predicted octanol–water partition coefficient (Wildman–Crippen LogP) is 1.20. The highest BCUT2D eigenvalue weighted by Gasteiger charge is 2.15. The highest BCUT2D eigenvalue weighted by atomic mass is 16.5. The minimum absolute atomic E-state index is 0.146. The third-order valence-electron chi connectivity index (χ3n) is 2.28. The lowest BCUT2D eigenvalue weighted by molar-refractivity contribution is -0.127. The smallest absolute Gasteiger partial charge is 0.249 e. The van der Waals surface area contributed by atoms with Crippen LogP contribution in [0.3, 0.4) is 0 Å². The van der Waals surface area contributed by atoms with E-state index in [2.05, 4.69) is 0 Å². The predicted molar refractivity (Wildman–Crippen MR) is 51.4 cm³/mol. The standard InChI is InChI=1S/C10H17NO2/c1-3-9(2)10(12)11-5-4-7-13-8-6-11/h3H,4-8H2,1-2H3/b9-3-. The Kier molecular flexibility index (Phi) is 3.96. The van der Waals surface area contributed by atoms with E-state index in [4.69, 9.17) is 4.74 Å². The van der Waals surface area contributed by atoms with Crippen molar-refractivity contribution >= 4 is 5.91 Å². The average Bonchev–Trinajstić information content (AvgIpc) is 2.43. The van der Waals surface area contributed by atoms with Gasteiger partial charge in [0.05, 0.1) is 6.61 Å². The van der Waals surface area contributed by atoms with Crippen molar-refractivity contribution in [3.63, 3.8) is 0 Å². The molecule has 0 aromatic heterocycles. The topological polar surface area (TPSA) is 29.5 Å². The summed E-state index contributed by atoms with van der Waals surface area (Å²) in [6, 6.07) is 0. The first-order valence-corrected chi connectivity index (χ1v) is 4.75. The van der Waals surface area contributed by atoms with Crippen LogP contribution in [0.2, 0.25) is 0 Å². The SMILES string of the molecule is C/C=C(/C)C(=O)N1CCCOCC1. The summed E-state index contributed by atoms with van der Waals surface area (Å²) >= 11 is 0. The molecule has 0 aliphatic carbocycles. The Balaban J connectivity index is 2.54. The number of carbonyl (C=O) groups excluding carboxylic acids is 1.